The molecule has 3 fully saturated rings. The Morgan fingerprint density at radius 3 is 2.59 bits per heavy atom. The molecular weight excluding hydrogens is 566 g/mol. The number of cyclic esters (lactones) is 1. The van der Waals surface area contributed by atoms with Gasteiger partial charge in [0.1, 0.15) is 18.1 Å². The summed E-state index contributed by atoms with van der Waals surface area (Å²) < 4.78 is 39.9. The van der Waals surface area contributed by atoms with Crippen LogP contribution < -0.4 is 16.0 Å². The molecule has 0 spiro atoms. The summed E-state index contributed by atoms with van der Waals surface area (Å²) in [6.45, 7) is 1.96. The first kappa shape index (κ1) is 30.6. The minimum absolute atomic E-state index is 0.0688. The normalized spacial score (nSPS) is 24.6. The second kappa shape index (κ2) is 12.7. The number of alkyl halides is 2. The maximum absolute atomic E-state index is 14.5. The number of benzene rings is 1. The summed E-state index contributed by atoms with van der Waals surface area (Å²) in [7, 11) is 0. The molecule has 224 valence electrons. The van der Waals surface area contributed by atoms with Crippen LogP contribution in [0.5, 0.6) is 0 Å². The number of carbonyl (C=O) groups is 5. The fraction of sp³-hybridized carbons (Fsp3) is 0.593. The number of nitrogens with zero attached hydrogens (tertiary/aromatic N) is 1. The molecule has 2 saturated heterocycles. The van der Waals surface area contributed by atoms with Crippen molar-refractivity contribution in [3.05, 3.63) is 28.8 Å². The van der Waals surface area contributed by atoms with Crippen LogP contribution in [-0.2, 0) is 28.7 Å². The number of hydrogen-bond donors (Lipinski definition) is 3. The lowest BCUT2D eigenvalue weighted by Crippen LogP contribution is -2.54. The van der Waals surface area contributed by atoms with Gasteiger partial charge in [0.15, 0.2) is 0 Å². The maximum Gasteiger partial charge on any atom is 0.310 e. The smallest absolute Gasteiger partial charge is 0.310 e. The minimum Gasteiger partial charge on any atom is -0.433 e. The van der Waals surface area contributed by atoms with E-state index >= 15 is 0 Å². The molecule has 4 rings (SSSR count). The van der Waals surface area contributed by atoms with Crippen LogP contribution in [-0.4, -0.2) is 78.0 Å². The monoisotopic (exact) mass is 598 g/mol. The van der Waals surface area contributed by atoms with Crippen LogP contribution in [0.3, 0.4) is 0 Å². The highest BCUT2D eigenvalue weighted by Crippen LogP contribution is 2.33. The van der Waals surface area contributed by atoms with Gasteiger partial charge in [0.25, 0.3) is 11.8 Å². The number of nitrogens with one attached hydrogen (secondary N) is 3. The Bertz CT molecular complexity index is 1210. The molecule has 4 atom stereocenters. The molecule has 3 aliphatic rings. The number of anilines is 1. The van der Waals surface area contributed by atoms with E-state index in [1.54, 1.807) is 0 Å². The maximum atomic E-state index is 14.5. The fourth-order valence-electron chi connectivity index (χ4n) is 5.31. The van der Waals surface area contributed by atoms with Crippen LogP contribution in [0.25, 0.3) is 0 Å². The summed E-state index contributed by atoms with van der Waals surface area (Å²) in [4.78, 5) is 63.0. The van der Waals surface area contributed by atoms with E-state index in [4.69, 9.17) is 21.1 Å². The fourth-order valence-corrected chi connectivity index (χ4v) is 5.54. The summed E-state index contributed by atoms with van der Waals surface area (Å²) in [6, 6.07) is 0.392. The Morgan fingerprint density at radius 1 is 1.22 bits per heavy atom. The van der Waals surface area contributed by atoms with Crippen molar-refractivity contribution in [3.8, 4) is 0 Å². The van der Waals surface area contributed by atoms with E-state index in [-0.39, 0.29) is 28.6 Å². The summed E-state index contributed by atoms with van der Waals surface area (Å²) in [5, 5.41) is 7.59. The van der Waals surface area contributed by atoms with Crippen LogP contribution >= 0.6 is 11.6 Å². The molecule has 1 aromatic rings. The van der Waals surface area contributed by atoms with Crippen LogP contribution in [0, 0.1) is 5.92 Å². The molecule has 41 heavy (non-hydrogen) atoms. The van der Waals surface area contributed by atoms with Gasteiger partial charge < -0.3 is 30.3 Å². The molecular formula is C27H33ClF2N4O7. The van der Waals surface area contributed by atoms with Crippen molar-refractivity contribution in [2.24, 2.45) is 5.92 Å². The molecule has 4 amide bonds. The third kappa shape index (κ3) is 7.70. The first-order chi connectivity index (χ1) is 19.3. The number of esters is 1. The zero-order valence-electron chi connectivity index (χ0n) is 22.7. The van der Waals surface area contributed by atoms with Gasteiger partial charge in [-0.3, -0.25) is 24.0 Å². The Labute approximate surface area is 240 Å². The Morgan fingerprint density at radius 2 is 1.93 bits per heavy atom. The first-order valence-corrected chi connectivity index (χ1v) is 13.9. The molecule has 1 saturated carbocycles. The topological polar surface area (TPSA) is 143 Å². The zero-order valence-corrected chi connectivity index (χ0v) is 23.5. The molecule has 2 heterocycles. The second-order valence-electron chi connectivity index (χ2n) is 10.8. The zero-order chi connectivity index (χ0) is 29.9. The van der Waals surface area contributed by atoms with Crippen molar-refractivity contribution in [3.63, 3.8) is 0 Å². The molecule has 0 unspecified atom stereocenters. The number of ether oxygens (including phenoxy) is 2. The van der Waals surface area contributed by atoms with E-state index in [1.807, 2.05) is 0 Å². The lowest BCUT2D eigenvalue weighted by atomic mass is 10.1. The van der Waals surface area contributed by atoms with Gasteiger partial charge in [0, 0.05) is 18.9 Å². The average Bonchev–Trinajstić information content (AvgIpc) is 3.61. The number of hydrogen-bond acceptors (Lipinski definition) is 7. The van der Waals surface area contributed by atoms with Crippen molar-refractivity contribution in [1.29, 1.82) is 0 Å². The third-order valence-electron chi connectivity index (χ3n) is 7.38. The number of rotatable bonds is 9. The van der Waals surface area contributed by atoms with Gasteiger partial charge in [-0.05, 0) is 43.9 Å². The van der Waals surface area contributed by atoms with Gasteiger partial charge in [-0.1, -0.05) is 24.4 Å². The number of amides is 4. The second-order valence-corrected chi connectivity index (χ2v) is 11.2. The SMILES string of the molecule is CC(=O)Nc1ccc(C(=O)N[C@@H](C)C(=O)N2CC(F)(F)C[C@H]2C(=O)N[C@H]2CC(=O)O[C@H]2OCC2CCCC2)cc1Cl. The Balaban J connectivity index is 1.38. The highest BCUT2D eigenvalue weighted by molar-refractivity contribution is 6.34. The lowest BCUT2D eigenvalue weighted by Gasteiger charge is -2.28. The van der Waals surface area contributed by atoms with Crippen LogP contribution in [0.2, 0.25) is 5.02 Å². The average molecular weight is 599 g/mol. The van der Waals surface area contributed by atoms with Gasteiger partial charge in [0.05, 0.1) is 30.3 Å². The van der Waals surface area contributed by atoms with Gasteiger partial charge >= 0.3 is 5.97 Å². The molecule has 11 nitrogen and oxygen atoms in total. The van der Waals surface area contributed by atoms with Crippen LogP contribution in [0.4, 0.5) is 14.5 Å². The molecule has 2 aliphatic heterocycles. The largest absolute Gasteiger partial charge is 0.433 e. The van der Waals surface area contributed by atoms with E-state index in [2.05, 4.69) is 16.0 Å². The molecule has 1 aliphatic carbocycles. The number of carbonyl (C=O) groups excluding carboxylic acids is 5. The molecule has 3 N–H and O–H groups in total. The van der Waals surface area contributed by atoms with Gasteiger partial charge in [-0.2, -0.15) is 0 Å². The first-order valence-electron chi connectivity index (χ1n) is 13.5. The van der Waals surface area contributed by atoms with Crippen LogP contribution in [0.15, 0.2) is 18.2 Å². The Hall–Kier alpha value is -3.32. The summed E-state index contributed by atoms with van der Waals surface area (Å²) in [5.74, 6) is -6.42. The summed E-state index contributed by atoms with van der Waals surface area (Å²) in [5.41, 5.74) is 0.355. The number of halogens is 3. The quantitative estimate of drug-likeness (QED) is 0.371. The van der Waals surface area contributed by atoms with E-state index in [0.717, 1.165) is 30.6 Å². The van der Waals surface area contributed by atoms with Gasteiger partial charge in [-0.15, -0.1) is 0 Å². The lowest BCUT2D eigenvalue weighted by molar-refractivity contribution is -0.168. The van der Waals surface area contributed by atoms with Gasteiger partial charge in [0.2, 0.25) is 24.0 Å². The predicted molar refractivity (Wildman–Crippen MR) is 142 cm³/mol. The van der Waals surface area contributed by atoms with Gasteiger partial charge in [-0.25, -0.2) is 8.78 Å². The molecule has 0 aromatic heterocycles. The van der Waals surface area contributed by atoms with E-state index in [9.17, 15) is 32.8 Å². The third-order valence-corrected chi connectivity index (χ3v) is 7.69. The van der Waals surface area contributed by atoms with Crippen molar-refractivity contribution in [2.45, 2.75) is 82.7 Å². The van der Waals surface area contributed by atoms with E-state index in [0.29, 0.717) is 12.5 Å². The molecule has 1 aromatic carbocycles. The van der Waals surface area contributed by atoms with Crippen molar-refractivity contribution in [1.82, 2.24) is 15.5 Å². The standard InChI is InChI=1S/C27H33ClF2N4O7/c1-14(31-23(37)17-7-8-19(18(28)9-17)32-15(2)35)25(39)34-13-27(29,30)11-21(34)24(38)33-20-10-22(36)41-26(20)40-12-16-5-3-4-6-16/h7-9,14,16,20-21,26H,3-6,10-13H2,1-2H3,(H,31,37)(H,32,35)(H,33,38)/t14-,20-,21-,26+/m0/s1. The molecule has 0 radical (unpaired) electrons. The van der Waals surface area contributed by atoms with E-state index < -0.39 is 67.0 Å². The minimum atomic E-state index is -3.34. The molecule has 0 bridgehead atoms. The number of likely N-dealkylation sites (tertiary alicyclic amines) is 1. The highest BCUT2D eigenvalue weighted by atomic mass is 35.5. The Kier molecular flexibility index (Phi) is 9.48. The van der Waals surface area contributed by atoms with E-state index in [1.165, 1.54) is 32.0 Å². The molecule has 14 heteroatoms. The highest BCUT2D eigenvalue weighted by Gasteiger charge is 2.51. The van der Waals surface area contributed by atoms with Crippen molar-refractivity contribution < 1.29 is 42.2 Å². The van der Waals surface area contributed by atoms with Crippen molar-refractivity contribution >= 4 is 46.9 Å². The van der Waals surface area contributed by atoms with Crippen molar-refractivity contribution in [2.75, 3.05) is 18.5 Å². The predicted octanol–water partition coefficient (Wildman–Crippen LogP) is 2.62. The summed E-state index contributed by atoms with van der Waals surface area (Å²) >= 11 is 6.11. The van der Waals surface area contributed by atoms with Crippen LogP contribution in [0.1, 0.15) is 62.7 Å². The summed E-state index contributed by atoms with van der Waals surface area (Å²) in [6.07, 6.45) is 2.03.